The first-order chi connectivity index (χ1) is 14.0. The molecule has 12 heteroatoms. The van der Waals surface area contributed by atoms with E-state index in [1.54, 1.807) is 24.4 Å². The van der Waals surface area contributed by atoms with E-state index < -0.39 is 27.6 Å². The standard InChI is InChI=1S/C13H10N4O4.C4H10.CH4O3S/c18-12(19)8(13(20)21)7-16-10-4-6-15-11(17-10)9-3-1-2-5-14-9;1-3-4-2;1-5(2,3)4/h1-7H,(H,18,19)(H,20,21)(H,15,16,17);3-4H2,1-2H3;1H3,(H,2,3,4)/p-3. The van der Waals surface area contributed by atoms with Gasteiger partial charge in [-0.25, -0.2) is 18.4 Å². The number of nitrogens with one attached hydrogen (secondary N) is 1. The van der Waals surface area contributed by atoms with Crippen molar-refractivity contribution in [2.45, 2.75) is 26.7 Å². The third-order valence-corrected chi connectivity index (χ3v) is 2.85. The summed E-state index contributed by atoms with van der Waals surface area (Å²) in [4.78, 5) is 33.3. The molecule has 0 saturated heterocycles. The van der Waals surface area contributed by atoms with E-state index in [9.17, 15) is 19.8 Å². The molecular weight excluding hydrogens is 416 g/mol. The monoisotopic (exact) mass is 437 g/mol. The van der Waals surface area contributed by atoms with Crippen LogP contribution in [0.15, 0.2) is 48.4 Å². The van der Waals surface area contributed by atoms with Crippen LogP contribution in [-0.2, 0) is 19.7 Å². The molecular formula is C18H21N4O7S-3. The van der Waals surface area contributed by atoms with E-state index in [0.29, 0.717) is 17.8 Å². The number of rotatable bonds is 6. The molecule has 1 N–H and O–H groups in total. The van der Waals surface area contributed by atoms with E-state index in [2.05, 4.69) is 34.1 Å². The number of carboxylic acid groups (broad SMARTS) is 2. The fourth-order valence-corrected chi connectivity index (χ4v) is 1.40. The molecule has 2 aromatic rings. The van der Waals surface area contributed by atoms with Crippen LogP contribution in [0.1, 0.15) is 26.7 Å². The van der Waals surface area contributed by atoms with Gasteiger partial charge < -0.3 is 29.7 Å². The SMILES string of the molecule is CCCC.CS(=O)(=O)[O-].O=C([O-])C(=CNc1ccnc(-c2ccccn2)n1)C(=O)[O-]. The Kier molecular flexibility index (Phi) is 12.2. The highest BCUT2D eigenvalue weighted by Gasteiger charge is 2.04. The van der Waals surface area contributed by atoms with Crippen molar-refractivity contribution in [3.8, 4) is 11.5 Å². The summed E-state index contributed by atoms with van der Waals surface area (Å²) in [5.74, 6) is -3.22. The highest BCUT2D eigenvalue weighted by atomic mass is 32.2. The molecule has 0 amide bonds. The fraction of sp³-hybridized carbons (Fsp3) is 0.278. The molecule has 30 heavy (non-hydrogen) atoms. The maximum absolute atomic E-state index is 10.6. The summed E-state index contributed by atoms with van der Waals surface area (Å²) in [7, 11) is -3.92. The van der Waals surface area contributed by atoms with Crippen LogP contribution in [-0.4, -0.2) is 46.1 Å². The minimum absolute atomic E-state index is 0.200. The Hall–Kier alpha value is -3.38. The van der Waals surface area contributed by atoms with E-state index in [1.165, 1.54) is 25.1 Å². The molecule has 0 saturated carbocycles. The average molecular weight is 437 g/mol. The quantitative estimate of drug-likeness (QED) is 0.260. The smallest absolute Gasteiger partial charge is 0.180 e. The first-order valence-electron chi connectivity index (χ1n) is 8.54. The number of carbonyl (C=O) groups excluding carboxylic acids is 2. The maximum atomic E-state index is 10.6. The molecule has 0 aromatic carbocycles. The Balaban J connectivity index is 0.000000789. The molecule has 0 atom stereocenters. The van der Waals surface area contributed by atoms with Crippen LogP contribution in [0, 0.1) is 0 Å². The van der Waals surface area contributed by atoms with Crippen LogP contribution >= 0.6 is 0 Å². The highest BCUT2D eigenvalue weighted by molar-refractivity contribution is 7.84. The van der Waals surface area contributed by atoms with E-state index in [-0.39, 0.29) is 5.82 Å². The molecule has 0 aliphatic carbocycles. The van der Waals surface area contributed by atoms with Gasteiger partial charge in [0.05, 0.1) is 22.1 Å². The summed E-state index contributed by atoms with van der Waals surface area (Å²) >= 11 is 0. The van der Waals surface area contributed by atoms with E-state index in [1.807, 2.05) is 0 Å². The maximum Gasteiger partial charge on any atom is 0.180 e. The molecule has 0 unspecified atom stereocenters. The average Bonchev–Trinajstić information content (AvgIpc) is 2.67. The Morgan fingerprint density at radius 3 is 2.03 bits per heavy atom. The van der Waals surface area contributed by atoms with Crippen LogP contribution in [0.2, 0.25) is 0 Å². The Labute approximate surface area is 174 Å². The van der Waals surface area contributed by atoms with Crippen molar-refractivity contribution >= 4 is 27.9 Å². The van der Waals surface area contributed by atoms with Gasteiger partial charge in [-0.3, -0.25) is 4.98 Å². The van der Waals surface area contributed by atoms with Gasteiger partial charge in [0.1, 0.15) is 11.5 Å². The van der Waals surface area contributed by atoms with Gasteiger partial charge in [-0.2, -0.15) is 0 Å². The summed E-state index contributed by atoms with van der Waals surface area (Å²) in [6, 6.07) is 6.63. The van der Waals surface area contributed by atoms with Gasteiger partial charge in [0.25, 0.3) is 0 Å². The normalized spacial score (nSPS) is 9.73. The van der Waals surface area contributed by atoms with Gasteiger partial charge >= 0.3 is 0 Å². The van der Waals surface area contributed by atoms with Crippen molar-refractivity contribution in [2.75, 3.05) is 11.6 Å². The van der Waals surface area contributed by atoms with Crippen LogP contribution in [0.3, 0.4) is 0 Å². The van der Waals surface area contributed by atoms with Crippen molar-refractivity contribution < 1.29 is 32.8 Å². The lowest BCUT2D eigenvalue weighted by molar-refractivity contribution is -0.312. The molecule has 0 radical (unpaired) electrons. The highest BCUT2D eigenvalue weighted by Crippen LogP contribution is 2.13. The van der Waals surface area contributed by atoms with Crippen LogP contribution in [0.5, 0.6) is 0 Å². The Morgan fingerprint density at radius 2 is 1.60 bits per heavy atom. The molecule has 0 bridgehead atoms. The number of carboxylic acids is 2. The molecule has 0 aliphatic heterocycles. The van der Waals surface area contributed by atoms with Crippen LogP contribution in [0.4, 0.5) is 5.82 Å². The Bertz CT molecular complexity index is 922. The van der Waals surface area contributed by atoms with Crippen molar-refractivity contribution in [1.29, 1.82) is 0 Å². The zero-order valence-corrected chi connectivity index (χ0v) is 17.4. The molecule has 2 heterocycles. The summed E-state index contributed by atoms with van der Waals surface area (Å²) < 4.78 is 27.2. The number of nitrogens with zero attached hydrogens (tertiary/aromatic N) is 3. The van der Waals surface area contributed by atoms with Crippen molar-refractivity contribution in [3.05, 3.63) is 48.4 Å². The second-order valence-corrected chi connectivity index (χ2v) is 6.87. The van der Waals surface area contributed by atoms with E-state index in [4.69, 9.17) is 13.0 Å². The number of hydrogen-bond donors (Lipinski definition) is 1. The first kappa shape index (κ1) is 26.6. The number of anilines is 1. The lowest BCUT2D eigenvalue weighted by Crippen LogP contribution is -2.36. The van der Waals surface area contributed by atoms with Crippen molar-refractivity contribution in [3.63, 3.8) is 0 Å². The van der Waals surface area contributed by atoms with Crippen molar-refractivity contribution in [1.82, 2.24) is 15.0 Å². The third-order valence-electron chi connectivity index (χ3n) is 2.85. The lowest BCUT2D eigenvalue weighted by Gasteiger charge is -2.10. The number of aliphatic carboxylic acids is 2. The number of aromatic nitrogens is 3. The summed E-state index contributed by atoms with van der Waals surface area (Å²) in [6.45, 7) is 4.36. The van der Waals surface area contributed by atoms with Crippen LogP contribution < -0.4 is 15.5 Å². The predicted octanol–water partition coefficient (Wildman–Crippen LogP) is -0.698. The molecule has 0 spiro atoms. The molecule has 2 aromatic heterocycles. The summed E-state index contributed by atoms with van der Waals surface area (Å²) in [5, 5.41) is 23.6. The third kappa shape index (κ3) is 12.9. The molecule has 164 valence electrons. The number of unbranched alkanes of at least 4 members (excludes halogenated alkanes) is 1. The van der Waals surface area contributed by atoms with Crippen LogP contribution in [0.25, 0.3) is 11.5 Å². The second-order valence-electron chi connectivity index (χ2n) is 5.46. The Morgan fingerprint density at radius 1 is 1.03 bits per heavy atom. The lowest BCUT2D eigenvalue weighted by atomic mass is 10.3. The summed E-state index contributed by atoms with van der Waals surface area (Å²) in [5.41, 5.74) is -0.502. The predicted molar refractivity (Wildman–Crippen MR) is 103 cm³/mol. The fourth-order valence-electron chi connectivity index (χ4n) is 1.40. The minimum atomic E-state index is -3.92. The minimum Gasteiger partial charge on any atom is -0.748 e. The molecule has 0 aliphatic rings. The second kappa shape index (κ2) is 13.7. The van der Waals surface area contributed by atoms with E-state index in [0.717, 1.165) is 6.20 Å². The zero-order chi connectivity index (χ0) is 23.2. The zero-order valence-electron chi connectivity index (χ0n) is 16.6. The first-order valence-corrected chi connectivity index (χ1v) is 10.4. The number of pyridine rings is 1. The number of hydrogen-bond acceptors (Lipinski definition) is 11. The molecule has 2 rings (SSSR count). The summed E-state index contributed by atoms with van der Waals surface area (Å²) in [6.07, 6.45) is 6.97. The van der Waals surface area contributed by atoms with Gasteiger partial charge in [0.15, 0.2) is 5.82 Å². The molecule has 11 nitrogen and oxygen atoms in total. The largest absolute Gasteiger partial charge is 0.748 e. The van der Waals surface area contributed by atoms with Gasteiger partial charge in [-0.15, -0.1) is 0 Å². The number of carbonyl (C=O) groups is 2. The van der Waals surface area contributed by atoms with Gasteiger partial charge in [-0.05, 0) is 18.2 Å². The van der Waals surface area contributed by atoms with Gasteiger partial charge in [0.2, 0.25) is 0 Å². The topological polar surface area (TPSA) is 188 Å². The molecule has 0 fully saturated rings. The van der Waals surface area contributed by atoms with E-state index >= 15 is 0 Å². The van der Waals surface area contributed by atoms with Crippen molar-refractivity contribution in [2.24, 2.45) is 0 Å². The van der Waals surface area contributed by atoms with Gasteiger partial charge in [0, 0.05) is 30.4 Å². The van der Waals surface area contributed by atoms with Gasteiger partial charge in [-0.1, -0.05) is 32.8 Å².